The SMILES string of the molecule is NC(=O)NCc1ccc(C(=O)OCC(=O)Nc2ccc([N+](=O)[O-])cc2)cc1. The van der Waals surface area contributed by atoms with E-state index < -0.39 is 29.4 Å². The second-order valence-corrected chi connectivity index (χ2v) is 5.34. The van der Waals surface area contributed by atoms with E-state index in [1.54, 1.807) is 12.1 Å². The molecular formula is C17H16N4O6. The first-order chi connectivity index (χ1) is 12.8. The van der Waals surface area contributed by atoms with Crippen molar-refractivity contribution in [2.75, 3.05) is 11.9 Å². The van der Waals surface area contributed by atoms with Gasteiger partial charge in [-0.1, -0.05) is 12.1 Å². The van der Waals surface area contributed by atoms with E-state index in [0.29, 0.717) is 5.69 Å². The molecule has 0 fully saturated rings. The number of nitro benzene ring substituents is 1. The number of hydrogen-bond donors (Lipinski definition) is 3. The van der Waals surface area contributed by atoms with Crippen LogP contribution in [-0.2, 0) is 16.1 Å². The maximum Gasteiger partial charge on any atom is 0.338 e. The van der Waals surface area contributed by atoms with E-state index in [1.807, 2.05) is 0 Å². The van der Waals surface area contributed by atoms with Crippen LogP contribution in [0.1, 0.15) is 15.9 Å². The lowest BCUT2D eigenvalue weighted by atomic mass is 10.1. The van der Waals surface area contributed by atoms with E-state index in [4.69, 9.17) is 10.5 Å². The number of nitro groups is 1. The third kappa shape index (κ3) is 6.12. The van der Waals surface area contributed by atoms with E-state index in [0.717, 1.165) is 5.56 Å². The minimum Gasteiger partial charge on any atom is -0.452 e. The molecule has 0 aliphatic rings. The van der Waals surface area contributed by atoms with Gasteiger partial charge < -0.3 is 21.1 Å². The molecule has 0 atom stereocenters. The summed E-state index contributed by atoms with van der Waals surface area (Å²) in [5, 5.41) is 15.4. The number of nitrogens with zero attached hydrogens (tertiary/aromatic N) is 1. The van der Waals surface area contributed by atoms with Gasteiger partial charge >= 0.3 is 12.0 Å². The normalized spacial score (nSPS) is 9.93. The molecule has 140 valence electrons. The third-order valence-corrected chi connectivity index (χ3v) is 3.35. The minimum absolute atomic E-state index is 0.103. The predicted molar refractivity (Wildman–Crippen MR) is 94.9 cm³/mol. The Morgan fingerprint density at radius 1 is 1.04 bits per heavy atom. The lowest BCUT2D eigenvalue weighted by Gasteiger charge is -2.07. The number of hydrogen-bond acceptors (Lipinski definition) is 6. The highest BCUT2D eigenvalue weighted by Crippen LogP contribution is 2.15. The predicted octanol–water partition coefficient (Wildman–Crippen LogP) is 1.56. The summed E-state index contributed by atoms with van der Waals surface area (Å²) in [6.45, 7) is -0.289. The van der Waals surface area contributed by atoms with Gasteiger partial charge in [0, 0.05) is 24.4 Å². The van der Waals surface area contributed by atoms with Gasteiger partial charge in [0.05, 0.1) is 10.5 Å². The van der Waals surface area contributed by atoms with Crippen LogP contribution in [0.25, 0.3) is 0 Å². The fraction of sp³-hybridized carbons (Fsp3) is 0.118. The van der Waals surface area contributed by atoms with Gasteiger partial charge in [-0.3, -0.25) is 14.9 Å². The van der Waals surface area contributed by atoms with Crippen LogP contribution in [0.4, 0.5) is 16.2 Å². The van der Waals surface area contributed by atoms with Crippen molar-refractivity contribution >= 4 is 29.3 Å². The molecule has 0 aromatic heterocycles. The number of nitrogens with one attached hydrogen (secondary N) is 2. The molecular weight excluding hydrogens is 356 g/mol. The Morgan fingerprint density at radius 2 is 1.67 bits per heavy atom. The summed E-state index contributed by atoms with van der Waals surface area (Å²) in [5.41, 5.74) is 6.18. The Bertz CT molecular complexity index is 849. The van der Waals surface area contributed by atoms with Crippen molar-refractivity contribution < 1.29 is 24.0 Å². The summed E-state index contributed by atoms with van der Waals surface area (Å²) < 4.78 is 4.91. The molecule has 0 radical (unpaired) electrons. The van der Waals surface area contributed by atoms with Crippen LogP contribution >= 0.6 is 0 Å². The Balaban J connectivity index is 1.82. The number of rotatable bonds is 7. The number of esters is 1. The highest BCUT2D eigenvalue weighted by atomic mass is 16.6. The number of carbonyl (C=O) groups is 3. The molecule has 4 N–H and O–H groups in total. The Kier molecular flexibility index (Phi) is 6.42. The summed E-state index contributed by atoms with van der Waals surface area (Å²) in [7, 11) is 0. The van der Waals surface area contributed by atoms with Crippen molar-refractivity contribution in [1.82, 2.24) is 5.32 Å². The van der Waals surface area contributed by atoms with Crippen molar-refractivity contribution in [2.45, 2.75) is 6.54 Å². The number of primary amides is 1. The van der Waals surface area contributed by atoms with Crippen LogP contribution in [-0.4, -0.2) is 29.4 Å². The first kappa shape index (κ1) is 19.4. The van der Waals surface area contributed by atoms with Crippen LogP contribution in [0.2, 0.25) is 0 Å². The van der Waals surface area contributed by atoms with Crippen LogP contribution in [0.5, 0.6) is 0 Å². The fourth-order valence-electron chi connectivity index (χ4n) is 2.03. The monoisotopic (exact) mass is 372 g/mol. The number of amides is 3. The van der Waals surface area contributed by atoms with Crippen molar-refractivity contribution in [3.63, 3.8) is 0 Å². The van der Waals surface area contributed by atoms with E-state index >= 15 is 0 Å². The number of urea groups is 1. The van der Waals surface area contributed by atoms with Crippen molar-refractivity contribution in [3.05, 3.63) is 69.8 Å². The lowest BCUT2D eigenvalue weighted by molar-refractivity contribution is -0.384. The number of nitrogens with two attached hydrogens (primary N) is 1. The second-order valence-electron chi connectivity index (χ2n) is 5.34. The van der Waals surface area contributed by atoms with Crippen LogP contribution in [0.15, 0.2) is 48.5 Å². The van der Waals surface area contributed by atoms with Gasteiger partial charge in [-0.15, -0.1) is 0 Å². The Morgan fingerprint density at radius 3 is 2.22 bits per heavy atom. The Hall–Kier alpha value is -3.95. The third-order valence-electron chi connectivity index (χ3n) is 3.35. The molecule has 0 bridgehead atoms. The molecule has 0 heterocycles. The van der Waals surface area contributed by atoms with Gasteiger partial charge in [0.1, 0.15) is 0 Å². The molecule has 0 unspecified atom stereocenters. The average Bonchev–Trinajstić information content (AvgIpc) is 2.65. The number of non-ortho nitro benzene ring substituents is 1. The molecule has 27 heavy (non-hydrogen) atoms. The molecule has 10 heteroatoms. The molecule has 0 aliphatic carbocycles. The molecule has 10 nitrogen and oxygen atoms in total. The van der Waals surface area contributed by atoms with Crippen molar-refractivity contribution in [2.24, 2.45) is 5.73 Å². The molecule has 2 rings (SSSR count). The first-order valence-electron chi connectivity index (χ1n) is 7.69. The van der Waals surface area contributed by atoms with E-state index in [9.17, 15) is 24.5 Å². The zero-order valence-corrected chi connectivity index (χ0v) is 14.0. The van der Waals surface area contributed by atoms with Gasteiger partial charge in [-0.2, -0.15) is 0 Å². The number of anilines is 1. The molecule has 2 aromatic carbocycles. The number of carbonyl (C=O) groups excluding carboxylic acids is 3. The largest absolute Gasteiger partial charge is 0.452 e. The summed E-state index contributed by atoms with van der Waals surface area (Å²) >= 11 is 0. The quantitative estimate of drug-likeness (QED) is 0.381. The topological polar surface area (TPSA) is 154 Å². The number of benzene rings is 2. The summed E-state index contributed by atoms with van der Waals surface area (Å²) in [6.07, 6.45) is 0. The van der Waals surface area contributed by atoms with Crippen molar-refractivity contribution in [1.29, 1.82) is 0 Å². The zero-order chi connectivity index (χ0) is 19.8. The molecule has 3 amide bonds. The first-order valence-corrected chi connectivity index (χ1v) is 7.69. The summed E-state index contributed by atoms with van der Waals surface area (Å²) in [4.78, 5) is 44.4. The van der Waals surface area contributed by atoms with Crippen molar-refractivity contribution in [3.8, 4) is 0 Å². The van der Waals surface area contributed by atoms with Crippen LogP contribution < -0.4 is 16.4 Å². The minimum atomic E-state index is -0.691. The van der Waals surface area contributed by atoms with E-state index in [-0.39, 0.29) is 17.8 Å². The van der Waals surface area contributed by atoms with Gasteiger partial charge in [0.25, 0.3) is 11.6 Å². The average molecular weight is 372 g/mol. The van der Waals surface area contributed by atoms with Gasteiger partial charge in [-0.25, -0.2) is 9.59 Å². The summed E-state index contributed by atoms with van der Waals surface area (Å²) in [6, 6.07) is 10.8. The second kappa shape index (κ2) is 8.94. The van der Waals surface area contributed by atoms with Gasteiger partial charge in [-0.05, 0) is 29.8 Å². The van der Waals surface area contributed by atoms with Crippen LogP contribution in [0, 0.1) is 10.1 Å². The lowest BCUT2D eigenvalue weighted by Crippen LogP contribution is -2.28. The molecule has 2 aromatic rings. The Labute approximate surface area is 153 Å². The van der Waals surface area contributed by atoms with Crippen LogP contribution in [0.3, 0.4) is 0 Å². The summed E-state index contributed by atoms with van der Waals surface area (Å²) in [5.74, 6) is -1.28. The standard InChI is InChI=1S/C17H16N4O6/c18-17(24)19-9-11-1-3-12(4-2-11)16(23)27-10-15(22)20-13-5-7-14(8-6-13)21(25)26/h1-8H,9-10H2,(H,20,22)(H3,18,19,24). The maximum atomic E-state index is 11.9. The molecule has 0 spiro atoms. The molecule has 0 saturated carbocycles. The fourth-order valence-corrected chi connectivity index (χ4v) is 2.03. The molecule has 0 saturated heterocycles. The van der Waals surface area contributed by atoms with E-state index in [1.165, 1.54) is 36.4 Å². The van der Waals surface area contributed by atoms with Gasteiger partial charge in [0.15, 0.2) is 6.61 Å². The smallest absolute Gasteiger partial charge is 0.338 e. The van der Waals surface area contributed by atoms with E-state index in [2.05, 4.69) is 10.6 Å². The van der Waals surface area contributed by atoms with Gasteiger partial charge in [0.2, 0.25) is 0 Å². The highest BCUT2D eigenvalue weighted by molar-refractivity contribution is 5.95. The zero-order valence-electron chi connectivity index (χ0n) is 14.0. The number of ether oxygens (including phenoxy) is 1. The molecule has 0 aliphatic heterocycles. The maximum absolute atomic E-state index is 11.9. The highest BCUT2D eigenvalue weighted by Gasteiger charge is 2.11.